The van der Waals surface area contributed by atoms with E-state index < -0.39 is 20.0 Å². The first-order valence-corrected chi connectivity index (χ1v) is 29.6. The number of aliphatic hydroxyl groups is 1. The molecule has 0 aromatic heterocycles. The van der Waals surface area contributed by atoms with E-state index in [2.05, 4.69) is 79.9 Å². The summed E-state index contributed by atoms with van der Waals surface area (Å²) in [5, 5.41) is 14.0. The second kappa shape index (κ2) is 49.2. The van der Waals surface area contributed by atoms with E-state index in [1.54, 1.807) is 0 Å². The van der Waals surface area contributed by atoms with Crippen LogP contribution in [-0.2, 0) is 18.4 Å². The minimum Gasteiger partial charge on any atom is -0.391 e. The molecule has 0 aromatic carbocycles. The quantitative estimate of drug-likeness (QED) is 0.0243. The molecule has 0 bridgehead atoms. The molecule has 0 heterocycles. The van der Waals surface area contributed by atoms with E-state index >= 15 is 0 Å². The molecule has 0 fully saturated rings. The summed E-state index contributed by atoms with van der Waals surface area (Å²) in [6.07, 6.45) is 65.8. The highest BCUT2D eigenvalue weighted by atomic mass is 31.2. The lowest BCUT2D eigenvalue weighted by Gasteiger charge is -2.26. The Morgan fingerprint density at radius 3 is 1.25 bits per heavy atom. The maximum Gasteiger partial charge on any atom is 0.472 e. The second-order valence-electron chi connectivity index (χ2n) is 20.3. The number of quaternary nitrogens is 1. The molecule has 0 aromatic rings. The molecule has 0 radical (unpaired) electrons. The molecule has 8 nitrogen and oxygen atoms in total. The number of hydrogen-bond donors (Lipinski definition) is 3. The maximum atomic E-state index is 12.9. The number of nitrogens with one attached hydrogen (secondary N) is 1. The van der Waals surface area contributed by atoms with Crippen molar-refractivity contribution in [2.24, 2.45) is 0 Å². The molecule has 0 saturated heterocycles. The fourth-order valence-corrected chi connectivity index (χ4v) is 8.88. The summed E-state index contributed by atoms with van der Waals surface area (Å²) in [6.45, 7) is 4.75. The van der Waals surface area contributed by atoms with E-state index in [-0.39, 0.29) is 19.1 Å². The third-order valence-corrected chi connectivity index (χ3v) is 13.5. The highest BCUT2D eigenvalue weighted by Crippen LogP contribution is 2.43. The summed E-state index contributed by atoms with van der Waals surface area (Å²) in [6, 6.07) is -0.794. The van der Waals surface area contributed by atoms with E-state index in [1.807, 2.05) is 21.1 Å². The van der Waals surface area contributed by atoms with E-state index in [0.29, 0.717) is 30.3 Å². The van der Waals surface area contributed by atoms with Crippen molar-refractivity contribution in [3.63, 3.8) is 0 Å². The molecule has 0 saturated carbocycles. The summed E-state index contributed by atoms with van der Waals surface area (Å²) in [5.41, 5.74) is 0. The highest BCUT2D eigenvalue weighted by Gasteiger charge is 2.28. The van der Waals surface area contributed by atoms with Gasteiger partial charge in [-0.05, 0) is 51.4 Å². The predicted molar refractivity (Wildman–Crippen MR) is 290 cm³/mol. The van der Waals surface area contributed by atoms with Crippen LogP contribution in [0.4, 0.5) is 0 Å². The van der Waals surface area contributed by atoms with Crippen LogP contribution in [0, 0.1) is 0 Å². The summed E-state index contributed by atoms with van der Waals surface area (Å²) in [7, 11) is 1.58. The molecule has 0 aliphatic heterocycles. The molecule has 392 valence electrons. The van der Waals surface area contributed by atoms with Gasteiger partial charge in [0.2, 0.25) is 5.91 Å². The highest BCUT2D eigenvalue weighted by molar-refractivity contribution is 7.47. The van der Waals surface area contributed by atoms with Gasteiger partial charge in [0.1, 0.15) is 13.2 Å². The standard InChI is InChI=1S/C58H109N2O6P/c1-6-8-10-12-14-16-18-20-22-24-25-26-27-28-29-30-31-32-33-34-36-37-39-41-43-45-47-49-51-57(61)56(55-66-67(63,64)65-54-53-60(3,4)5)59-58(62)52-50-48-46-44-42-40-38-35-23-21-19-17-15-13-11-9-7-2/h9,11,15,17,21,23,38,40,44,46,56-57,61H,6-8,10,12-14,16,18-20,22,24-37,39,41-43,45,47-55H2,1-5H3,(H-,59,62,63,64)/p+1/b11-9-,17-15-,23-21-,40-38-,46-44-. The van der Waals surface area contributed by atoms with Crippen LogP contribution < -0.4 is 5.32 Å². The van der Waals surface area contributed by atoms with Gasteiger partial charge in [-0.15, -0.1) is 0 Å². The fourth-order valence-electron chi connectivity index (χ4n) is 8.14. The van der Waals surface area contributed by atoms with Gasteiger partial charge in [-0.2, -0.15) is 0 Å². The Kier molecular flexibility index (Phi) is 47.9. The van der Waals surface area contributed by atoms with Gasteiger partial charge < -0.3 is 19.8 Å². The lowest BCUT2D eigenvalue weighted by atomic mass is 10.0. The van der Waals surface area contributed by atoms with Crippen LogP contribution >= 0.6 is 7.82 Å². The minimum absolute atomic E-state index is 0.0618. The number of allylic oxidation sites excluding steroid dienone is 10. The average Bonchev–Trinajstić information content (AvgIpc) is 3.29. The Morgan fingerprint density at radius 1 is 0.522 bits per heavy atom. The minimum atomic E-state index is -4.34. The zero-order chi connectivity index (χ0) is 49.2. The van der Waals surface area contributed by atoms with E-state index in [1.165, 1.54) is 161 Å². The Hall–Kier alpha value is -1.80. The van der Waals surface area contributed by atoms with Crippen LogP contribution in [0.5, 0.6) is 0 Å². The predicted octanol–water partition coefficient (Wildman–Crippen LogP) is 16.9. The Labute approximate surface area is 415 Å². The van der Waals surface area contributed by atoms with Gasteiger partial charge in [0.25, 0.3) is 0 Å². The topological polar surface area (TPSA) is 105 Å². The molecule has 0 aliphatic carbocycles. The van der Waals surface area contributed by atoms with E-state index in [9.17, 15) is 19.4 Å². The number of carbonyl (C=O) groups is 1. The fraction of sp³-hybridized carbons (Fsp3) is 0.810. The monoisotopic (exact) mass is 962 g/mol. The van der Waals surface area contributed by atoms with Crippen LogP contribution in [0.15, 0.2) is 60.8 Å². The van der Waals surface area contributed by atoms with Crippen molar-refractivity contribution in [2.75, 3.05) is 40.9 Å². The van der Waals surface area contributed by atoms with Crippen molar-refractivity contribution >= 4 is 13.7 Å². The third-order valence-electron chi connectivity index (χ3n) is 12.5. The first-order chi connectivity index (χ1) is 32.5. The normalized spacial score (nSPS) is 14.4. The number of rotatable bonds is 51. The smallest absolute Gasteiger partial charge is 0.391 e. The number of likely N-dealkylation sites (N-methyl/N-ethyl adjacent to an activating group) is 1. The van der Waals surface area contributed by atoms with Crippen LogP contribution in [-0.4, -0.2) is 73.4 Å². The molecule has 0 aliphatic rings. The summed E-state index contributed by atoms with van der Waals surface area (Å²) >= 11 is 0. The van der Waals surface area contributed by atoms with E-state index in [4.69, 9.17) is 9.05 Å². The lowest BCUT2D eigenvalue weighted by molar-refractivity contribution is -0.870. The molecular formula is C58H110N2O6P+. The molecular weight excluding hydrogens is 852 g/mol. The Balaban J connectivity index is 4.18. The summed E-state index contributed by atoms with van der Waals surface area (Å²) in [4.78, 5) is 23.3. The van der Waals surface area contributed by atoms with Crippen molar-refractivity contribution in [1.29, 1.82) is 0 Å². The molecule has 67 heavy (non-hydrogen) atoms. The second-order valence-corrected chi connectivity index (χ2v) is 21.7. The van der Waals surface area contributed by atoms with Gasteiger partial charge in [0.05, 0.1) is 39.9 Å². The first-order valence-electron chi connectivity index (χ1n) is 28.2. The van der Waals surface area contributed by atoms with Gasteiger partial charge in [0.15, 0.2) is 0 Å². The number of phosphoric acid groups is 1. The number of nitrogens with zero attached hydrogens (tertiary/aromatic N) is 1. The molecule has 3 unspecified atom stereocenters. The van der Waals surface area contributed by atoms with Crippen LogP contribution in [0.25, 0.3) is 0 Å². The molecule has 0 spiro atoms. The number of amides is 1. The van der Waals surface area contributed by atoms with Gasteiger partial charge in [-0.1, -0.05) is 254 Å². The average molecular weight is 962 g/mol. The molecule has 3 N–H and O–H groups in total. The van der Waals surface area contributed by atoms with Crippen molar-refractivity contribution in [2.45, 2.75) is 264 Å². The molecule has 1 amide bonds. The molecule has 3 atom stereocenters. The van der Waals surface area contributed by atoms with Crippen LogP contribution in [0.3, 0.4) is 0 Å². The molecule has 0 rings (SSSR count). The van der Waals surface area contributed by atoms with Crippen LogP contribution in [0.2, 0.25) is 0 Å². The maximum absolute atomic E-state index is 12.9. The van der Waals surface area contributed by atoms with Gasteiger partial charge in [-0.3, -0.25) is 13.8 Å². The number of aliphatic hydroxyl groups excluding tert-OH is 1. The van der Waals surface area contributed by atoms with Gasteiger partial charge >= 0.3 is 7.82 Å². The van der Waals surface area contributed by atoms with Crippen molar-refractivity contribution < 1.29 is 32.9 Å². The first kappa shape index (κ1) is 65.2. The lowest BCUT2D eigenvalue weighted by Crippen LogP contribution is -2.46. The summed E-state index contributed by atoms with van der Waals surface area (Å²) < 4.78 is 23.7. The number of unbranched alkanes of at least 4 members (excludes halogenated alkanes) is 28. The number of phosphoric ester groups is 1. The largest absolute Gasteiger partial charge is 0.472 e. The Bertz CT molecular complexity index is 1270. The van der Waals surface area contributed by atoms with E-state index in [0.717, 1.165) is 57.8 Å². The van der Waals surface area contributed by atoms with Crippen molar-refractivity contribution in [1.82, 2.24) is 5.32 Å². The van der Waals surface area contributed by atoms with Crippen molar-refractivity contribution in [3.8, 4) is 0 Å². The number of hydrogen-bond acceptors (Lipinski definition) is 5. The van der Waals surface area contributed by atoms with Gasteiger partial charge in [-0.25, -0.2) is 4.57 Å². The third kappa shape index (κ3) is 51.9. The van der Waals surface area contributed by atoms with Crippen molar-refractivity contribution in [3.05, 3.63) is 60.8 Å². The van der Waals surface area contributed by atoms with Gasteiger partial charge in [0, 0.05) is 6.42 Å². The molecule has 9 heteroatoms. The number of carbonyl (C=O) groups excluding carboxylic acids is 1. The summed E-state index contributed by atoms with van der Waals surface area (Å²) in [5.74, 6) is -0.200. The Morgan fingerprint density at radius 2 is 0.881 bits per heavy atom. The van der Waals surface area contributed by atoms with Crippen LogP contribution in [0.1, 0.15) is 251 Å². The zero-order valence-corrected chi connectivity index (χ0v) is 45.5. The SMILES string of the molecule is CC/C=C\C/C=C\C/C=C\C/C=C\C/C=C\CCCC(=O)NC(COP(=O)(O)OCC[N+](C)(C)C)C(O)CCCCCCCCCCCCCCCCCCCCCCCCCCCCCC. The zero-order valence-electron chi connectivity index (χ0n) is 44.6.